The van der Waals surface area contributed by atoms with Crippen LogP contribution >= 0.6 is 0 Å². The number of nitrogens with zero attached hydrogens (tertiary/aromatic N) is 1. The molecule has 2 aromatic rings. The smallest absolute Gasteiger partial charge is 0.191 e. The summed E-state index contributed by atoms with van der Waals surface area (Å²) in [6.45, 7) is 7.75. The number of ether oxygens (including phenoxy) is 2. The van der Waals surface area contributed by atoms with Crippen LogP contribution < -0.4 is 20.1 Å². The molecule has 0 saturated heterocycles. The second kappa shape index (κ2) is 12.0. The average molecular weight is 400 g/mol. The van der Waals surface area contributed by atoms with Gasteiger partial charge in [0, 0.05) is 13.1 Å². The number of hydrogen-bond acceptors (Lipinski definition) is 4. The van der Waals surface area contributed by atoms with E-state index in [1.165, 1.54) is 5.56 Å². The second-order valence-electron chi connectivity index (χ2n) is 7.00. The number of aliphatic imine (C=N–C) groups is 1. The summed E-state index contributed by atoms with van der Waals surface area (Å²) in [5.74, 6) is 2.34. The number of nitrogens with one attached hydrogen (secondary N) is 2. The summed E-state index contributed by atoms with van der Waals surface area (Å²) in [4.78, 5) is 4.51. The average Bonchev–Trinajstić information content (AvgIpc) is 2.72. The van der Waals surface area contributed by atoms with E-state index in [2.05, 4.69) is 21.7 Å². The number of benzene rings is 2. The third kappa shape index (κ3) is 8.03. The van der Waals surface area contributed by atoms with Gasteiger partial charge in [-0.05, 0) is 62.6 Å². The quantitative estimate of drug-likeness (QED) is 0.422. The first-order chi connectivity index (χ1) is 14.0. The Bertz CT molecular complexity index is 760. The van der Waals surface area contributed by atoms with Crippen LogP contribution in [0.1, 0.15) is 38.0 Å². The summed E-state index contributed by atoms with van der Waals surface area (Å²) in [6.07, 6.45) is 0.305. The van der Waals surface area contributed by atoms with Gasteiger partial charge in [-0.15, -0.1) is 0 Å². The van der Waals surface area contributed by atoms with Gasteiger partial charge < -0.3 is 25.2 Å². The summed E-state index contributed by atoms with van der Waals surface area (Å²) in [6, 6.07) is 15.5. The maximum Gasteiger partial charge on any atom is 0.191 e. The molecule has 0 bridgehead atoms. The van der Waals surface area contributed by atoms with Gasteiger partial charge in [-0.1, -0.05) is 24.3 Å². The van der Waals surface area contributed by atoms with E-state index in [4.69, 9.17) is 9.47 Å². The third-order valence-electron chi connectivity index (χ3n) is 4.24. The highest BCUT2D eigenvalue weighted by molar-refractivity contribution is 5.79. The van der Waals surface area contributed by atoms with Gasteiger partial charge in [0.05, 0.1) is 25.9 Å². The molecule has 6 nitrogen and oxygen atoms in total. The van der Waals surface area contributed by atoms with Gasteiger partial charge in [-0.25, -0.2) is 0 Å². The predicted molar refractivity (Wildman–Crippen MR) is 118 cm³/mol. The number of hydrogen-bond donors (Lipinski definition) is 3. The van der Waals surface area contributed by atoms with Crippen molar-refractivity contribution in [2.45, 2.75) is 39.4 Å². The molecule has 2 rings (SSSR count). The van der Waals surface area contributed by atoms with Crippen molar-refractivity contribution in [1.29, 1.82) is 0 Å². The summed E-state index contributed by atoms with van der Waals surface area (Å²) < 4.78 is 10.9. The standard InChI is InChI=1S/C23H33N3O3/c1-5-24-23(25-14-13-18-7-6-8-21(15-18)28-4)26-16-22(27)19-9-11-20(12-10-19)29-17(2)3/h6-12,15,17,22,27H,5,13-14,16H2,1-4H3,(H2,24,25,26). The summed E-state index contributed by atoms with van der Waals surface area (Å²) in [5, 5.41) is 17.0. The zero-order valence-corrected chi connectivity index (χ0v) is 17.8. The molecule has 6 heteroatoms. The molecule has 0 fully saturated rings. The van der Waals surface area contributed by atoms with Gasteiger partial charge in [-0.3, -0.25) is 4.99 Å². The lowest BCUT2D eigenvalue weighted by molar-refractivity contribution is 0.186. The van der Waals surface area contributed by atoms with Crippen molar-refractivity contribution in [3.63, 3.8) is 0 Å². The van der Waals surface area contributed by atoms with Crippen LogP contribution in [0.2, 0.25) is 0 Å². The Morgan fingerprint density at radius 3 is 2.48 bits per heavy atom. The zero-order valence-electron chi connectivity index (χ0n) is 17.8. The normalized spacial score (nSPS) is 12.6. The molecule has 0 spiro atoms. The highest BCUT2D eigenvalue weighted by Gasteiger charge is 2.08. The van der Waals surface area contributed by atoms with E-state index in [1.54, 1.807) is 7.11 Å². The van der Waals surface area contributed by atoms with Crippen LogP contribution in [0.15, 0.2) is 53.5 Å². The molecular formula is C23H33N3O3. The molecule has 0 aliphatic carbocycles. The summed E-state index contributed by atoms with van der Waals surface area (Å²) in [7, 11) is 1.67. The van der Waals surface area contributed by atoms with Crippen LogP contribution in [-0.2, 0) is 6.42 Å². The molecule has 0 saturated carbocycles. The van der Waals surface area contributed by atoms with Gasteiger partial charge in [0.1, 0.15) is 11.5 Å². The molecule has 0 heterocycles. The van der Waals surface area contributed by atoms with E-state index in [0.29, 0.717) is 5.96 Å². The van der Waals surface area contributed by atoms with E-state index in [-0.39, 0.29) is 12.6 Å². The van der Waals surface area contributed by atoms with Crippen molar-refractivity contribution < 1.29 is 14.6 Å². The van der Waals surface area contributed by atoms with Crippen LogP contribution in [0.4, 0.5) is 0 Å². The highest BCUT2D eigenvalue weighted by Crippen LogP contribution is 2.19. The number of methoxy groups -OCH3 is 1. The fraction of sp³-hybridized carbons (Fsp3) is 0.435. The lowest BCUT2D eigenvalue weighted by Gasteiger charge is -2.14. The van der Waals surface area contributed by atoms with Gasteiger partial charge in [-0.2, -0.15) is 0 Å². The van der Waals surface area contributed by atoms with Crippen molar-refractivity contribution in [2.24, 2.45) is 4.99 Å². The molecule has 158 valence electrons. The van der Waals surface area contributed by atoms with Crippen LogP contribution in [-0.4, -0.2) is 43.9 Å². The van der Waals surface area contributed by atoms with Gasteiger partial charge in [0.25, 0.3) is 0 Å². The van der Waals surface area contributed by atoms with E-state index in [0.717, 1.165) is 36.6 Å². The molecule has 2 aromatic carbocycles. The number of aliphatic hydroxyl groups excluding tert-OH is 1. The van der Waals surface area contributed by atoms with E-state index in [9.17, 15) is 5.11 Å². The Labute approximate surface area is 174 Å². The lowest BCUT2D eigenvalue weighted by Crippen LogP contribution is -2.38. The predicted octanol–water partition coefficient (Wildman–Crippen LogP) is 3.31. The Morgan fingerprint density at radius 2 is 1.83 bits per heavy atom. The number of aliphatic hydroxyl groups is 1. The monoisotopic (exact) mass is 399 g/mol. The van der Waals surface area contributed by atoms with E-state index < -0.39 is 6.10 Å². The molecule has 0 aliphatic rings. The van der Waals surface area contributed by atoms with Crippen molar-refractivity contribution >= 4 is 5.96 Å². The van der Waals surface area contributed by atoms with Gasteiger partial charge in [0.2, 0.25) is 0 Å². The minimum atomic E-state index is -0.669. The topological polar surface area (TPSA) is 75.1 Å². The molecule has 1 atom stereocenters. The molecule has 0 aliphatic heterocycles. The molecule has 29 heavy (non-hydrogen) atoms. The first kappa shape index (κ1) is 22.6. The molecule has 0 aromatic heterocycles. The molecule has 0 radical (unpaired) electrons. The van der Waals surface area contributed by atoms with Gasteiger partial charge >= 0.3 is 0 Å². The van der Waals surface area contributed by atoms with Gasteiger partial charge in [0.15, 0.2) is 5.96 Å². The Hall–Kier alpha value is -2.73. The van der Waals surface area contributed by atoms with E-state index >= 15 is 0 Å². The number of guanidine groups is 1. The second-order valence-corrected chi connectivity index (χ2v) is 7.00. The molecule has 3 N–H and O–H groups in total. The maximum absolute atomic E-state index is 10.5. The zero-order chi connectivity index (χ0) is 21.1. The fourth-order valence-corrected chi connectivity index (χ4v) is 2.82. The lowest BCUT2D eigenvalue weighted by atomic mass is 10.1. The highest BCUT2D eigenvalue weighted by atomic mass is 16.5. The van der Waals surface area contributed by atoms with E-state index in [1.807, 2.05) is 63.2 Å². The largest absolute Gasteiger partial charge is 0.497 e. The van der Waals surface area contributed by atoms with Crippen molar-refractivity contribution in [2.75, 3.05) is 26.7 Å². The third-order valence-corrected chi connectivity index (χ3v) is 4.24. The minimum Gasteiger partial charge on any atom is -0.497 e. The first-order valence-electron chi connectivity index (χ1n) is 10.1. The number of rotatable bonds is 10. The molecule has 1 unspecified atom stereocenters. The van der Waals surface area contributed by atoms with Crippen LogP contribution in [0.3, 0.4) is 0 Å². The summed E-state index contributed by atoms with van der Waals surface area (Å²) in [5.41, 5.74) is 2.01. The Kier molecular flexibility index (Phi) is 9.31. The fourth-order valence-electron chi connectivity index (χ4n) is 2.82. The molecule has 0 amide bonds. The molecular weight excluding hydrogens is 366 g/mol. The maximum atomic E-state index is 10.5. The summed E-state index contributed by atoms with van der Waals surface area (Å²) >= 11 is 0. The Balaban J connectivity index is 1.88. The van der Waals surface area contributed by atoms with Crippen LogP contribution in [0.25, 0.3) is 0 Å². The van der Waals surface area contributed by atoms with Crippen molar-refractivity contribution in [3.8, 4) is 11.5 Å². The SMILES string of the molecule is CCNC(=NCC(O)c1ccc(OC(C)C)cc1)NCCc1cccc(OC)c1. The Morgan fingerprint density at radius 1 is 1.07 bits per heavy atom. The minimum absolute atomic E-state index is 0.126. The first-order valence-corrected chi connectivity index (χ1v) is 10.1. The van der Waals surface area contributed by atoms with Crippen LogP contribution in [0, 0.1) is 0 Å². The van der Waals surface area contributed by atoms with Crippen molar-refractivity contribution in [1.82, 2.24) is 10.6 Å². The van der Waals surface area contributed by atoms with Crippen molar-refractivity contribution in [3.05, 3.63) is 59.7 Å². The van der Waals surface area contributed by atoms with Crippen LogP contribution in [0.5, 0.6) is 11.5 Å².